The number of rotatable bonds is 3. The summed E-state index contributed by atoms with van der Waals surface area (Å²) < 4.78 is 1.99. The molecular weight excluding hydrogens is 234 g/mol. The van der Waals surface area contributed by atoms with Crippen LogP contribution < -0.4 is 5.73 Å². The van der Waals surface area contributed by atoms with Gasteiger partial charge in [-0.3, -0.25) is 0 Å². The minimum atomic E-state index is -0.0743. The van der Waals surface area contributed by atoms with Gasteiger partial charge in [-0.1, -0.05) is 23.7 Å². The Hall–Kier alpha value is -1.32. The second-order valence-electron chi connectivity index (χ2n) is 4.22. The van der Waals surface area contributed by atoms with Gasteiger partial charge in [0.05, 0.1) is 0 Å². The van der Waals surface area contributed by atoms with Gasteiger partial charge < -0.3 is 10.3 Å². The quantitative estimate of drug-likeness (QED) is 0.909. The van der Waals surface area contributed by atoms with E-state index in [-0.39, 0.29) is 6.04 Å². The normalized spacial score (nSPS) is 12.7. The molecule has 1 aromatic heterocycles. The van der Waals surface area contributed by atoms with Gasteiger partial charge in [0.15, 0.2) is 0 Å². The van der Waals surface area contributed by atoms with Gasteiger partial charge in [0.1, 0.15) is 5.82 Å². The number of nitrogens with zero attached hydrogens (tertiary/aromatic N) is 2. The molecule has 1 aromatic carbocycles. The average molecular weight is 250 g/mol. The van der Waals surface area contributed by atoms with Crippen molar-refractivity contribution < 1.29 is 0 Å². The summed E-state index contributed by atoms with van der Waals surface area (Å²) in [5, 5.41) is 0.762. The highest BCUT2D eigenvalue weighted by molar-refractivity contribution is 6.31. The van der Waals surface area contributed by atoms with E-state index in [4.69, 9.17) is 17.3 Å². The molecular formula is C13H16ClN3. The predicted octanol–water partition coefficient (Wildman–Crippen LogP) is 2.62. The molecule has 0 spiro atoms. The molecule has 0 bridgehead atoms. The molecule has 1 heterocycles. The molecule has 0 aliphatic rings. The van der Waals surface area contributed by atoms with Gasteiger partial charge >= 0.3 is 0 Å². The zero-order chi connectivity index (χ0) is 12.4. The molecule has 0 aliphatic heterocycles. The maximum Gasteiger partial charge on any atom is 0.110 e. The Kier molecular flexibility index (Phi) is 3.50. The van der Waals surface area contributed by atoms with Crippen molar-refractivity contribution in [3.63, 3.8) is 0 Å². The molecule has 2 rings (SSSR count). The molecule has 0 amide bonds. The number of aryl methyl sites for hydroxylation is 1. The monoisotopic (exact) mass is 249 g/mol. The zero-order valence-electron chi connectivity index (χ0n) is 10.0. The topological polar surface area (TPSA) is 43.8 Å². The maximum absolute atomic E-state index is 6.21. The van der Waals surface area contributed by atoms with Gasteiger partial charge in [0.2, 0.25) is 0 Å². The molecule has 0 fully saturated rings. The van der Waals surface area contributed by atoms with Crippen molar-refractivity contribution in [2.45, 2.75) is 19.4 Å². The lowest BCUT2D eigenvalue weighted by molar-refractivity contribution is 0.656. The molecule has 4 heteroatoms. The first kappa shape index (κ1) is 12.1. The fraction of sp³-hybridized carbons (Fsp3) is 0.308. The van der Waals surface area contributed by atoms with Gasteiger partial charge in [-0.25, -0.2) is 4.98 Å². The third-order valence-corrected chi connectivity index (χ3v) is 3.44. The Bertz CT molecular complexity index is 519. The third kappa shape index (κ3) is 2.51. The third-order valence-electron chi connectivity index (χ3n) is 3.03. The van der Waals surface area contributed by atoms with E-state index in [9.17, 15) is 0 Å². The van der Waals surface area contributed by atoms with Crippen molar-refractivity contribution in [3.8, 4) is 0 Å². The Labute approximate surface area is 106 Å². The maximum atomic E-state index is 6.21. The van der Waals surface area contributed by atoms with Crippen molar-refractivity contribution in [3.05, 3.63) is 52.6 Å². The van der Waals surface area contributed by atoms with Crippen LogP contribution in [0.2, 0.25) is 5.02 Å². The highest BCUT2D eigenvalue weighted by Gasteiger charge is 2.13. The molecule has 1 atom stereocenters. The number of imidazole rings is 1. The van der Waals surface area contributed by atoms with Crippen LogP contribution in [-0.4, -0.2) is 9.55 Å². The molecule has 90 valence electrons. The Morgan fingerprint density at radius 1 is 1.47 bits per heavy atom. The summed E-state index contributed by atoms with van der Waals surface area (Å²) in [7, 11) is 1.97. The molecule has 0 radical (unpaired) electrons. The van der Waals surface area contributed by atoms with Crippen LogP contribution in [0.3, 0.4) is 0 Å². The lowest BCUT2D eigenvalue weighted by Gasteiger charge is -2.15. The molecule has 0 saturated heterocycles. The van der Waals surface area contributed by atoms with Crippen molar-refractivity contribution >= 4 is 11.6 Å². The summed E-state index contributed by atoms with van der Waals surface area (Å²) >= 11 is 6.09. The smallest absolute Gasteiger partial charge is 0.110 e. The number of hydrogen-bond donors (Lipinski definition) is 1. The van der Waals surface area contributed by atoms with E-state index in [1.807, 2.05) is 42.9 Å². The Balaban J connectivity index is 2.23. The van der Waals surface area contributed by atoms with Crippen LogP contribution >= 0.6 is 11.6 Å². The van der Waals surface area contributed by atoms with Gasteiger partial charge in [-0.2, -0.15) is 0 Å². The number of nitrogens with two attached hydrogens (primary N) is 1. The molecule has 17 heavy (non-hydrogen) atoms. The minimum Gasteiger partial charge on any atom is -0.338 e. The number of aromatic nitrogens is 2. The van der Waals surface area contributed by atoms with Gasteiger partial charge in [-0.15, -0.1) is 0 Å². The first-order valence-electron chi connectivity index (χ1n) is 5.56. The van der Waals surface area contributed by atoms with Crippen molar-refractivity contribution in [2.24, 2.45) is 12.8 Å². The number of hydrogen-bond acceptors (Lipinski definition) is 2. The van der Waals surface area contributed by atoms with Crippen LogP contribution in [0.1, 0.15) is 23.0 Å². The Morgan fingerprint density at radius 3 is 2.88 bits per heavy atom. The van der Waals surface area contributed by atoms with Crippen molar-refractivity contribution in [1.29, 1.82) is 0 Å². The Morgan fingerprint density at radius 2 is 2.24 bits per heavy atom. The van der Waals surface area contributed by atoms with Crippen LogP contribution in [0.5, 0.6) is 0 Å². The highest BCUT2D eigenvalue weighted by atomic mass is 35.5. The summed E-state index contributed by atoms with van der Waals surface area (Å²) in [6.07, 6.45) is 4.42. The van der Waals surface area contributed by atoms with E-state index < -0.39 is 0 Å². The fourth-order valence-corrected chi connectivity index (χ4v) is 2.11. The van der Waals surface area contributed by atoms with Crippen LogP contribution in [0.4, 0.5) is 0 Å². The van der Waals surface area contributed by atoms with Gasteiger partial charge in [0.25, 0.3) is 0 Å². The van der Waals surface area contributed by atoms with Crippen LogP contribution in [0, 0.1) is 6.92 Å². The largest absolute Gasteiger partial charge is 0.338 e. The first-order valence-corrected chi connectivity index (χ1v) is 5.94. The van der Waals surface area contributed by atoms with E-state index in [0.717, 1.165) is 22.0 Å². The SMILES string of the molecule is Cc1c(Cl)cccc1C(N)Cc1nccn1C. The molecule has 3 nitrogen and oxygen atoms in total. The summed E-state index contributed by atoms with van der Waals surface area (Å²) in [5.74, 6) is 0.983. The van der Waals surface area contributed by atoms with E-state index >= 15 is 0 Å². The minimum absolute atomic E-state index is 0.0743. The van der Waals surface area contributed by atoms with E-state index in [0.29, 0.717) is 6.42 Å². The predicted molar refractivity (Wildman–Crippen MR) is 70.0 cm³/mol. The molecule has 0 aliphatic carbocycles. The van der Waals surface area contributed by atoms with Crippen LogP contribution in [0.25, 0.3) is 0 Å². The summed E-state index contributed by atoms with van der Waals surface area (Å²) in [4.78, 5) is 4.28. The standard InChI is InChI=1S/C13H16ClN3/c1-9-10(4-3-5-11(9)14)12(15)8-13-16-6-7-17(13)2/h3-7,12H,8,15H2,1-2H3. The highest BCUT2D eigenvalue weighted by Crippen LogP contribution is 2.24. The second-order valence-corrected chi connectivity index (χ2v) is 4.63. The van der Waals surface area contributed by atoms with Gasteiger partial charge in [-0.05, 0) is 24.1 Å². The summed E-state index contributed by atoms with van der Waals surface area (Å²) in [5.41, 5.74) is 8.35. The lowest BCUT2D eigenvalue weighted by Crippen LogP contribution is -2.17. The molecule has 1 unspecified atom stereocenters. The molecule has 0 saturated carbocycles. The molecule has 2 N–H and O–H groups in total. The fourth-order valence-electron chi connectivity index (χ4n) is 1.93. The molecule has 2 aromatic rings. The van der Waals surface area contributed by atoms with E-state index in [1.165, 1.54) is 0 Å². The number of halogens is 1. The van der Waals surface area contributed by atoms with E-state index in [1.54, 1.807) is 6.20 Å². The van der Waals surface area contributed by atoms with Crippen molar-refractivity contribution in [1.82, 2.24) is 9.55 Å². The van der Waals surface area contributed by atoms with Crippen LogP contribution in [-0.2, 0) is 13.5 Å². The zero-order valence-corrected chi connectivity index (χ0v) is 10.8. The first-order chi connectivity index (χ1) is 8.09. The number of benzene rings is 1. The van der Waals surface area contributed by atoms with E-state index in [2.05, 4.69) is 4.98 Å². The average Bonchev–Trinajstić information content (AvgIpc) is 2.68. The second kappa shape index (κ2) is 4.90. The van der Waals surface area contributed by atoms with Gasteiger partial charge in [0, 0.05) is 36.9 Å². The van der Waals surface area contributed by atoms with Crippen LogP contribution in [0.15, 0.2) is 30.6 Å². The van der Waals surface area contributed by atoms with Crippen molar-refractivity contribution in [2.75, 3.05) is 0 Å². The summed E-state index contributed by atoms with van der Waals surface area (Å²) in [6, 6.07) is 5.76. The lowest BCUT2D eigenvalue weighted by atomic mass is 9.99. The summed E-state index contributed by atoms with van der Waals surface area (Å²) in [6.45, 7) is 2.00.